The second-order valence-electron chi connectivity index (χ2n) is 2.88. The maximum absolute atomic E-state index is 10.4. The number of aliphatic carboxylic acids is 1. The van der Waals surface area contributed by atoms with E-state index in [1.807, 2.05) is 19.1 Å². The van der Waals surface area contributed by atoms with Gasteiger partial charge in [0.2, 0.25) is 0 Å². The van der Waals surface area contributed by atoms with E-state index in [0.717, 1.165) is 11.6 Å². The third-order valence-corrected chi connectivity index (χ3v) is 1.72. The number of benzene rings is 1. The molecule has 0 aromatic heterocycles. The van der Waals surface area contributed by atoms with E-state index in [1.165, 1.54) is 0 Å². The number of hydrogen-bond donors (Lipinski definition) is 1. The van der Waals surface area contributed by atoms with Crippen molar-refractivity contribution >= 4 is 62.9 Å². The number of hydrogen-bond acceptors (Lipinski definition) is 2. The predicted molar refractivity (Wildman–Crippen MR) is 59.6 cm³/mol. The molecule has 1 aromatic rings. The molecule has 0 aliphatic carbocycles. The Kier molecular flexibility index (Phi) is 6.73. The molecule has 0 heterocycles. The summed E-state index contributed by atoms with van der Waals surface area (Å²) in [5.41, 5.74) is 1.80. The van der Waals surface area contributed by atoms with Crippen LogP contribution in [0, 0.1) is 18.3 Å². The summed E-state index contributed by atoms with van der Waals surface area (Å²) in [5, 5.41) is 17.3. The van der Waals surface area contributed by atoms with Gasteiger partial charge in [-0.15, -0.1) is 0 Å². The quantitative estimate of drug-likeness (QED) is 0.471. The zero-order valence-electron chi connectivity index (χ0n) is 7.69. The van der Waals surface area contributed by atoms with Gasteiger partial charge in [0, 0.05) is 6.08 Å². The predicted octanol–water partition coefficient (Wildman–Crippen LogP) is 1.34. The van der Waals surface area contributed by atoms with Crippen molar-refractivity contribution < 1.29 is 9.90 Å². The summed E-state index contributed by atoms with van der Waals surface area (Å²) < 4.78 is 0. The average Bonchev–Trinajstić information content (AvgIpc) is 2.14. The van der Waals surface area contributed by atoms with Crippen molar-refractivity contribution in [2.45, 2.75) is 6.92 Å². The monoisotopic (exact) mass is 227 g/mol. The van der Waals surface area contributed by atoms with Crippen molar-refractivity contribution in [1.82, 2.24) is 0 Å². The van der Waals surface area contributed by atoms with E-state index >= 15 is 0 Å². The van der Waals surface area contributed by atoms with Gasteiger partial charge in [0.05, 0.1) is 5.57 Å². The summed E-state index contributed by atoms with van der Waals surface area (Å²) >= 11 is 0. The Morgan fingerprint density at radius 2 is 2.20 bits per heavy atom. The van der Waals surface area contributed by atoms with Gasteiger partial charge in [0.25, 0.3) is 0 Å². The van der Waals surface area contributed by atoms with E-state index in [9.17, 15) is 4.79 Å². The number of rotatable bonds is 2. The molecule has 15 heavy (non-hydrogen) atoms. The van der Waals surface area contributed by atoms with Crippen LogP contribution in [0.4, 0.5) is 0 Å². The summed E-state index contributed by atoms with van der Waals surface area (Å²) in [6.07, 6.45) is 0.911. The summed E-state index contributed by atoms with van der Waals surface area (Å²) in [7, 11) is 0. The fraction of sp³-hybridized carbons (Fsp3) is 0.0909. The number of nitrogens with zero attached hydrogens (tertiary/aromatic N) is 1. The molecule has 4 heteroatoms. The molecule has 0 bridgehead atoms. The van der Waals surface area contributed by atoms with Crippen molar-refractivity contribution in [2.75, 3.05) is 0 Å². The van der Waals surface area contributed by atoms with E-state index in [-0.39, 0.29) is 57.0 Å². The van der Waals surface area contributed by atoms with Crippen LogP contribution in [0.25, 0.3) is 5.57 Å². The van der Waals surface area contributed by atoms with Crippen LogP contribution in [0.2, 0.25) is 0 Å². The van der Waals surface area contributed by atoms with Crippen LogP contribution >= 0.6 is 0 Å². The fourth-order valence-corrected chi connectivity index (χ4v) is 1.12. The van der Waals surface area contributed by atoms with Crippen LogP contribution < -0.4 is 0 Å². The summed E-state index contributed by atoms with van der Waals surface area (Å²) in [5.74, 6) is -1.11. The number of allylic oxidation sites excluding steroid dienone is 1. The van der Waals surface area contributed by atoms with E-state index < -0.39 is 5.97 Å². The van der Waals surface area contributed by atoms with Crippen LogP contribution in [0.3, 0.4) is 0 Å². The molecule has 0 aliphatic heterocycles. The van der Waals surface area contributed by atoms with Crippen molar-refractivity contribution in [2.24, 2.45) is 0 Å². The van der Waals surface area contributed by atoms with Gasteiger partial charge < -0.3 is 5.11 Å². The topological polar surface area (TPSA) is 61.1 Å². The Balaban J connectivity index is 0.00000196. The Morgan fingerprint density at radius 3 is 2.67 bits per heavy atom. The van der Waals surface area contributed by atoms with Crippen LogP contribution in [-0.2, 0) is 4.79 Å². The van der Waals surface area contributed by atoms with Crippen LogP contribution in [-0.4, -0.2) is 62.5 Å². The second kappa shape index (κ2) is 6.93. The Morgan fingerprint density at radius 1 is 1.53 bits per heavy atom. The molecule has 0 saturated heterocycles. The van der Waals surface area contributed by atoms with Crippen molar-refractivity contribution in [3.05, 3.63) is 41.5 Å². The normalized spacial score (nSPS) is 10.0. The molecule has 3 nitrogen and oxygen atoms in total. The van der Waals surface area contributed by atoms with Gasteiger partial charge in [0.15, 0.2) is 0 Å². The van der Waals surface area contributed by atoms with E-state index in [1.54, 1.807) is 18.2 Å². The zero-order valence-corrected chi connectivity index (χ0v) is 7.69. The third-order valence-electron chi connectivity index (χ3n) is 1.72. The Labute approximate surface area is 131 Å². The van der Waals surface area contributed by atoms with Crippen molar-refractivity contribution in [3.8, 4) is 6.07 Å². The first-order valence-corrected chi connectivity index (χ1v) is 4.05. The standard InChI is InChI=1S/C11H9NO2.K.H/c1-8-3-2-4-9(5-8)10(7-12)6-11(13)14;;/h2-6H,1H3,(H,13,14);;/b10-6+;;. The molecule has 0 amide bonds. The first kappa shape index (κ1) is 14.6. The minimum atomic E-state index is -1.11. The summed E-state index contributed by atoms with van der Waals surface area (Å²) in [6, 6.07) is 9.02. The first-order chi connectivity index (χ1) is 6.63. The molecule has 0 saturated carbocycles. The molecule has 1 N–H and O–H groups in total. The SMILES string of the molecule is Cc1cccc(/C(C#N)=C/C(=O)O)c1.[KH]. The third kappa shape index (κ3) is 4.73. The molecule has 0 radical (unpaired) electrons. The molecule has 1 rings (SSSR count). The van der Waals surface area contributed by atoms with Crippen LogP contribution in [0.1, 0.15) is 11.1 Å². The molecular weight excluding hydrogens is 217 g/mol. The van der Waals surface area contributed by atoms with E-state index in [0.29, 0.717) is 5.56 Å². The molecule has 1 aromatic carbocycles. The van der Waals surface area contributed by atoms with Gasteiger partial charge in [-0.3, -0.25) is 0 Å². The molecule has 72 valence electrons. The van der Waals surface area contributed by atoms with Crippen LogP contribution in [0.5, 0.6) is 0 Å². The molecule has 0 unspecified atom stereocenters. The van der Waals surface area contributed by atoms with Gasteiger partial charge in [-0.05, 0) is 12.5 Å². The molecule has 0 aliphatic rings. The number of carbonyl (C=O) groups is 1. The summed E-state index contributed by atoms with van der Waals surface area (Å²) in [6.45, 7) is 1.89. The maximum atomic E-state index is 10.4. The first-order valence-electron chi connectivity index (χ1n) is 4.05. The number of nitriles is 1. The molecule has 0 spiro atoms. The van der Waals surface area contributed by atoms with E-state index in [4.69, 9.17) is 10.4 Å². The van der Waals surface area contributed by atoms with Crippen molar-refractivity contribution in [1.29, 1.82) is 5.26 Å². The second-order valence-corrected chi connectivity index (χ2v) is 2.88. The Bertz CT molecular complexity index is 432. The van der Waals surface area contributed by atoms with Gasteiger partial charge in [-0.25, -0.2) is 4.79 Å². The number of carboxylic acid groups (broad SMARTS) is 1. The molecule has 0 fully saturated rings. The molecule has 0 atom stereocenters. The molecular formula is C11H10KNO2. The summed E-state index contributed by atoms with van der Waals surface area (Å²) in [4.78, 5) is 10.4. The van der Waals surface area contributed by atoms with Crippen molar-refractivity contribution in [3.63, 3.8) is 0 Å². The number of aryl methyl sites for hydroxylation is 1. The average molecular weight is 227 g/mol. The van der Waals surface area contributed by atoms with Gasteiger partial charge in [-0.1, -0.05) is 29.8 Å². The Hall–Kier alpha value is -0.444. The van der Waals surface area contributed by atoms with Gasteiger partial charge in [0.1, 0.15) is 6.07 Å². The number of carboxylic acids is 1. The minimum absolute atomic E-state index is 0. The van der Waals surface area contributed by atoms with Gasteiger partial charge in [-0.2, -0.15) is 5.26 Å². The van der Waals surface area contributed by atoms with Gasteiger partial charge >= 0.3 is 57.4 Å². The fourth-order valence-electron chi connectivity index (χ4n) is 1.12. The van der Waals surface area contributed by atoms with E-state index in [2.05, 4.69) is 0 Å². The van der Waals surface area contributed by atoms with Crippen LogP contribution in [0.15, 0.2) is 30.3 Å². The zero-order chi connectivity index (χ0) is 10.6.